The van der Waals surface area contributed by atoms with Gasteiger partial charge in [0.2, 0.25) is 0 Å². The molecular formula is C24H23NO4. The Morgan fingerprint density at radius 2 is 1.28 bits per heavy atom. The number of nitrogens with one attached hydrogen (secondary N) is 1. The van der Waals surface area contributed by atoms with Crippen molar-refractivity contribution in [3.8, 4) is 5.75 Å². The minimum Gasteiger partial charge on any atom is -0.492 e. The van der Waals surface area contributed by atoms with Crippen LogP contribution in [0.1, 0.15) is 17.0 Å². The van der Waals surface area contributed by atoms with Crippen molar-refractivity contribution in [2.24, 2.45) is 0 Å². The Hall–Kier alpha value is -3.60. The van der Waals surface area contributed by atoms with E-state index in [4.69, 9.17) is 9.47 Å². The Bertz CT molecular complexity index is 858. The van der Waals surface area contributed by atoms with Gasteiger partial charge in [0, 0.05) is 0 Å². The predicted octanol–water partition coefficient (Wildman–Crippen LogP) is 3.56. The first-order chi connectivity index (χ1) is 14.2. The number of esters is 1. The molecule has 0 saturated carbocycles. The minimum atomic E-state index is -0.577. The van der Waals surface area contributed by atoms with Crippen LogP contribution in [-0.2, 0) is 14.3 Å². The van der Waals surface area contributed by atoms with Gasteiger partial charge in [0.25, 0.3) is 5.91 Å². The van der Waals surface area contributed by atoms with Crippen molar-refractivity contribution in [2.75, 3.05) is 19.8 Å². The van der Waals surface area contributed by atoms with E-state index < -0.39 is 11.9 Å². The predicted molar refractivity (Wildman–Crippen MR) is 111 cm³/mol. The Balaban J connectivity index is 1.50. The van der Waals surface area contributed by atoms with Crippen molar-refractivity contribution in [1.82, 2.24) is 5.32 Å². The van der Waals surface area contributed by atoms with Crippen LogP contribution in [0.25, 0.3) is 0 Å². The van der Waals surface area contributed by atoms with E-state index in [2.05, 4.69) is 5.32 Å². The van der Waals surface area contributed by atoms with Gasteiger partial charge in [0.1, 0.15) is 18.3 Å². The number of benzene rings is 3. The molecule has 1 amide bonds. The van der Waals surface area contributed by atoms with Gasteiger partial charge in [-0.25, -0.2) is 0 Å². The molecule has 0 spiro atoms. The standard InChI is InChI=1S/C24H23NO4/c26-22(25-16-17-28-21-14-8-3-9-15-21)18-29-24(27)23(19-10-4-1-5-11-19)20-12-6-2-7-13-20/h1-15,23H,16-18H2,(H,25,26). The first-order valence-corrected chi connectivity index (χ1v) is 9.45. The molecule has 0 aliphatic rings. The first kappa shape index (κ1) is 20.1. The molecule has 5 nitrogen and oxygen atoms in total. The number of carbonyl (C=O) groups excluding carboxylic acids is 2. The Kier molecular flexibility index (Phi) is 7.41. The fourth-order valence-electron chi connectivity index (χ4n) is 2.90. The van der Waals surface area contributed by atoms with Crippen LogP contribution in [0.4, 0.5) is 0 Å². The summed E-state index contributed by atoms with van der Waals surface area (Å²) in [6.07, 6.45) is 0. The molecule has 29 heavy (non-hydrogen) atoms. The van der Waals surface area contributed by atoms with E-state index >= 15 is 0 Å². The summed E-state index contributed by atoms with van der Waals surface area (Å²) in [5.41, 5.74) is 1.64. The molecule has 148 valence electrons. The van der Waals surface area contributed by atoms with Gasteiger partial charge in [-0.1, -0.05) is 78.9 Å². The molecular weight excluding hydrogens is 366 g/mol. The van der Waals surface area contributed by atoms with E-state index in [1.54, 1.807) is 0 Å². The second kappa shape index (κ2) is 10.7. The third-order valence-electron chi connectivity index (χ3n) is 4.28. The van der Waals surface area contributed by atoms with E-state index in [1.807, 2.05) is 91.0 Å². The lowest BCUT2D eigenvalue weighted by atomic mass is 9.91. The zero-order chi connectivity index (χ0) is 20.3. The smallest absolute Gasteiger partial charge is 0.318 e. The summed E-state index contributed by atoms with van der Waals surface area (Å²) in [5, 5.41) is 2.69. The quantitative estimate of drug-likeness (QED) is 0.449. The zero-order valence-corrected chi connectivity index (χ0v) is 16.0. The molecule has 3 aromatic carbocycles. The molecule has 0 atom stereocenters. The van der Waals surface area contributed by atoms with Gasteiger partial charge in [0.15, 0.2) is 6.61 Å². The van der Waals surface area contributed by atoms with Crippen LogP contribution in [0.3, 0.4) is 0 Å². The molecule has 3 rings (SSSR count). The summed E-state index contributed by atoms with van der Waals surface area (Å²) in [7, 11) is 0. The van der Waals surface area contributed by atoms with E-state index in [9.17, 15) is 9.59 Å². The monoisotopic (exact) mass is 389 g/mol. The molecule has 0 saturated heterocycles. The van der Waals surface area contributed by atoms with Crippen LogP contribution in [0.15, 0.2) is 91.0 Å². The maximum Gasteiger partial charge on any atom is 0.318 e. The van der Waals surface area contributed by atoms with Gasteiger partial charge in [-0.05, 0) is 23.3 Å². The number of hydrogen-bond donors (Lipinski definition) is 1. The molecule has 0 aliphatic carbocycles. The van der Waals surface area contributed by atoms with Gasteiger partial charge < -0.3 is 14.8 Å². The summed E-state index contributed by atoms with van der Waals surface area (Å²) in [4.78, 5) is 24.7. The summed E-state index contributed by atoms with van der Waals surface area (Å²) >= 11 is 0. The lowest BCUT2D eigenvalue weighted by Crippen LogP contribution is -2.33. The van der Waals surface area contributed by atoms with Crippen LogP contribution in [-0.4, -0.2) is 31.6 Å². The normalized spacial score (nSPS) is 10.4. The van der Waals surface area contributed by atoms with Crippen molar-refractivity contribution >= 4 is 11.9 Å². The number of carbonyl (C=O) groups is 2. The van der Waals surface area contributed by atoms with Gasteiger partial charge in [-0.15, -0.1) is 0 Å². The first-order valence-electron chi connectivity index (χ1n) is 9.45. The molecule has 0 heterocycles. The number of rotatable bonds is 9. The number of hydrogen-bond acceptors (Lipinski definition) is 4. The highest BCUT2D eigenvalue weighted by Gasteiger charge is 2.24. The van der Waals surface area contributed by atoms with E-state index in [0.717, 1.165) is 16.9 Å². The lowest BCUT2D eigenvalue weighted by Gasteiger charge is -2.17. The summed E-state index contributed by atoms with van der Waals surface area (Å²) in [6, 6.07) is 28.1. The highest BCUT2D eigenvalue weighted by molar-refractivity contribution is 5.85. The number of para-hydroxylation sites is 1. The van der Waals surface area contributed by atoms with E-state index in [-0.39, 0.29) is 12.5 Å². The Labute approximate surface area is 170 Å². The maximum absolute atomic E-state index is 12.7. The molecule has 1 N–H and O–H groups in total. The van der Waals surface area contributed by atoms with Gasteiger partial charge in [-0.3, -0.25) is 9.59 Å². The molecule has 0 fully saturated rings. The molecule has 0 aliphatic heterocycles. The van der Waals surface area contributed by atoms with Crippen LogP contribution < -0.4 is 10.1 Å². The molecule has 0 bridgehead atoms. The second-order valence-electron chi connectivity index (χ2n) is 6.37. The third-order valence-corrected chi connectivity index (χ3v) is 4.28. The average Bonchev–Trinajstić information content (AvgIpc) is 2.78. The van der Waals surface area contributed by atoms with Crippen LogP contribution in [0.2, 0.25) is 0 Å². The highest BCUT2D eigenvalue weighted by atomic mass is 16.5. The van der Waals surface area contributed by atoms with E-state index in [1.165, 1.54) is 0 Å². The van der Waals surface area contributed by atoms with Crippen molar-refractivity contribution in [2.45, 2.75) is 5.92 Å². The van der Waals surface area contributed by atoms with Crippen LogP contribution in [0, 0.1) is 0 Å². The molecule has 0 unspecified atom stereocenters. The van der Waals surface area contributed by atoms with Gasteiger partial charge in [-0.2, -0.15) is 0 Å². The highest BCUT2D eigenvalue weighted by Crippen LogP contribution is 2.25. The molecule has 0 aromatic heterocycles. The Morgan fingerprint density at radius 1 is 0.759 bits per heavy atom. The fraction of sp³-hybridized carbons (Fsp3) is 0.167. The summed E-state index contributed by atoms with van der Waals surface area (Å²) in [5.74, 6) is -0.665. The van der Waals surface area contributed by atoms with Crippen molar-refractivity contribution in [3.63, 3.8) is 0 Å². The van der Waals surface area contributed by atoms with Gasteiger partial charge in [0.05, 0.1) is 6.54 Å². The topological polar surface area (TPSA) is 64.6 Å². The maximum atomic E-state index is 12.7. The van der Waals surface area contributed by atoms with Crippen LogP contribution >= 0.6 is 0 Å². The summed E-state index contributed by atoms with van der Waals surface area (Å²) < 4.78 is 10.8. The van der Waals surface area contributed by atoms with Crippen molar-refractivity contribution < 1.29 is 19.1 Å². The Morgan fingerprint density at radius 3 is 1.83 bits per heavy atom. The second-order valence-corrected chi connectivity index (χ2v) is 6.37. The summed E-state index contributed by atoms with van der Waals surface area (Å²) in [6.45, 7) is 0.326. The number of amides is 1. The van der Waals surface area contributed by atoms with Gasteiger partial charge >= 0.3 is 5.97 Å². The largest absolute Gasteiger partial charge is 0.492 e. The average molecular weight is 389 g/mol. The molecule has 3 aromatic rings. The SMILES string of the molecule is O=C(COC(=O)C(c1ccccc1)c1ccccc1)NCCOc1ccccc1. The molecule has 5 heteroatoms. The lowest BCUT2D eigenvalue weighted by molar-refractivity contribution is -0.149. The third kappa shape index (κ3) is 6.21. The fourth-order valence-corrected chi connectivity index (χ4v) is 2.90. The zero-order valence-electron chi connectivity index (χ0n) is 16.0. The van der Waals surface area contributed by atoms with Crippen LogP contribution in [0.5, 0.6) is 5.75 Å². The van der Waals surface area contributed by atoms with Crippen molar-refractivity contribution in [3.05, 3.63) is 102 Å². The van der Waals surface area contributed by atoms with Crippen molar-refractivity contribution in [1.29, 1.82) is 0 Å². The number of ether oxygens (including phenoxy) is 2. The van der Waals surface area contributed by atoms with E-state index in [0.29, 0.717) is 13.2 Å². The minimum absolute atomic E-state index is 0.325. The molecule has 0 radical (unpaired) electrons.